The van der Waals surface area contributed by atoms with Gasteiger partial charge >= 0.3 is 0 Å². The Morgan fingerprint density at radius 3 is 2.47 bits per heavy atom. The molecule has 0 spiro atoms. The molecule has 1 aromatic carbocycles. The van der Waals surface area contributed by atoms with Gasteiger partial charge in [0.25, 0.3) is 0 Å². The average Bonchev–Trinajstić information content (AvgIpc) is 2.32. The number of aldehydes is 1. The summed E-state index contributed by atoms with van der Waals surface area (Å²) in [7, 11) is 6.37. The number of carbonyl (C=O) groups is 1. The summed E-state index contributed by atoms with van der Waals surface area (Å²) in [5.74, 6) is 0. The maximum atomic E-state index is 11.2. The first-order chi connectivity index (χ1) is 8.98. The molecule has 3 nitrogen and oxygen atoms in total. The number of anilines is 1. The molecule has 104 valence electrons. The second-order valence-corrected chi connectivity index (χ2v) is 6.57. The molecule has 0 amide bonds. The molecule has 1 aliphatic carbocycles. The fourth-order valence-corrected chi connectivity index (χ4v) is 3.20. The highest BCUT2D eigenvalue weighted by atomic mass is 79.9. The molecular weight excluding hydrogens is 304 g/mol. The lowest BCUT2D eigenvalue weighted by Gasteiger charge is -2.49. The summed E-state index contributed by atoms with van der Waals surface area (Å²) in [5.41, 5.74) is 2.01. The highest BCUT2D eigenvalue weighted by Gasteiger charge is 2.40. The molecule has 0 N–H and O–H groups in total. The summed E-state index contributed by atoms with van der Waals surface area (Å²) >= 11 is 3.41. The number of likely N-dealkylation sites (N-methyl/N-ethyl adjacent to an activating group) is 2. The van der Waals surface area contributed by atoms with E-state index in [1.54, 1.807) is 0 Å². The molecule has 1 aliphatic rings. The van der Waals surface area contributed by atoms with Crippen molar-refractivity contribution in [2.24, 2.45) is 0 Å². The maximum Gasteiger partial charge on any atom is 0.152 e. The number of benzene rings is 1. The molecule has 0 bridgehead atoms. The van der Waals surface area contributed by atoms with Crippen LogP contribution in [0.15, 0.2) is 22.7 Å². The van der Waals surface area contributed by atoms with E-state index in [0.717, 1.165) is 28.6 Å². The van der Waals surface area contributed by atoms with Crippen molar-refractivity contribution >= 4 is 27.9 Å². The van der Waals surface area contributed by atoms with Crippen LogP contribution in [0.4, 0.5) is 5.69 Å². The molecule has 0 radical (unpaired) electrons. The standard InChI is InChI=1S/C15H21BrN2O/c1-17(2)15(7-4-8-15)11-18(3)14-6-5-13(16)9-12(14)10-19/h5-6,9-10H,4,7-8,11H2,1-3H3. The zero-order valence-corrected chi connectivity index (χ0v) is 13.4. The lowest BCUT2D eigenvalue weighted by molar-refractivity contribution is 0.0683. The molecule has 1 saturated carbocycles. The Hall–Kier alpha value is -0.870. The van der Waals surface area contributed by atoms with Gasteiger partial charge in [0.15, 0.2) is 6.29 Å². The third-order valence-corrected chi connectivity index (χ3v) is 4.79. The van der Waals surface area contributed by atoms with Gasteiger partial charge in [-0.2, -0.15) is 0 Å². The lowest BCUT2D eigenvalue weighted by Crippen LogP contribution is -2.56. The third kappa shape index (κ3) is 2.84. The van der Waals surface area contributed by atoms with Crippen LogP contribution in [-0.4, -0.2) is 44.4 Å². The first-order valence-corrected chi connectivity index (χ1v) is 7.41. The van der Waals surface area contributed by atoms with Crippen LogP contribution < -0.4 is 4.90 Å². The number of hydrogen-bond donors (Lipinski definition) is 0. The van der Waals surface area contributed by atoms with Gasteiger partial charge in [-0.25, -0.2) is 0 Å². The highest BCUT2D eigenvalue weighted by molar-refractivity contribution is 9.10. The van der Waals surface area contributed by atoms with Crippen LogP contribution in [0.1, 0.15) is 29.6 Å². The molecule has 0 atom stereocenters. The second-order valence-electron chi connectivity index (χ2n) is 5.65. The topological polar surface area (TPSA) is 23.6 Å². The van der Waals surface area contributed by atoms with E-state index in [0.29, 0.717) is 0 Å². The minimum absolute atomic E-state index is 0.266. The lowest BCUT2D eigenvalue weighted by atomic mass is 9.75. The van der Waals surface area contributed by atoms with Gasteiger partial charge in [0.1, 0.15) is 0 Å². The van der Waals surface area contributed by atoms with Crippen molar-refractivity contribution in [3.63, 3.8) is 0 Å². The van der Waals surface area contributed by atoms with E-state index < -0.39 is 0 Å². The van der Waals surface area contributed by atoms with Crippen LogP contribution in [0, 0.1) is 0 Å². The summed E-state index contributed by atoms with van der Waals surface area (Å²) < 4.78 is 0.942. The molecule has 4 heteroatoms. The molecule has 1 aromatic rings. The zero-order chi connectivity index (χ0) is 14.0. The van der Waals surface area contributed by atoms with Gasteiger partial charge in [-0.3, -0.25) is 4.79 Å². The van der Waals surface area contributed by atoms with Gasteiger partial charge in [0.05, 0.1) is 0 Å². The van der Waals surface area contributed by atoms with E-state index in [1.165, 1.54) is 19.3 Å². The summed E-state index contributed by atoms with van der Waals surface area (Å²) in [6.45, 7) is 0.961. The van der Waals surface area contributed by atoms with Crippen LogP contribution in [0.3, 0.4) is 0 Å². The Balaban J connectivity index is 2.20. The molecular formula is C15H21BrN2O. The monoisotopic (exact) mass is 324 g/mol. The zero-order valence-electron chi connectivity index (χ0n) is 11.8. The largest absolute Gasteiger partial charge is 0.372 e. The summed E-state index contributed by atoms with van der Waals surface area (Å²) in [4.78, 5) is 15.7. The molecule has 0 aliphatic heterocycles. The van der Waals surface area contributed by atoms with E-state index in [9.17, 15) is 4.79 Å². The Labute approximate surface area is 123 Å². The van der Waals surface area contributed by atoms with Crippen molar-refractivity contribution < 1.29 is 4.79 Å². The van der Waals surface area contributed by atoms with Gasteiger partial charge in [0.2, 0.25) is 0 Å². The number of rotatable bonds is 5. The Kier molecular flexibility index (Phi) is 4.31. The van der Waals surface area contributed by atoms with E-state index in [-0.39, 0.29) is 5.54 Å². The van der Waals surface area contributed by atoms with E-state index in [4.69, 9.17) is 0 Å². The van der Waals surface area contributed by atoms with Crippen molar-refractivity contribution in [1.82, 2.24) is 4.90 Å². The number of hydrogen-bond acceptors (Lipinski definition) is 3. The van der Waals surface area contributed by atoms with Crippen molar-refractivity contribution in [1.29, 1.82) is 0 Å². The van der Waals surface area contributed by atoms with Crippen molar-refractivity contribution in [2.45, 2.75) is 24.8 Å². The SMILES string of the molecule is CN(CC1(N(C)C)CCC1)c1ccc(Br)cc1C=O. The fourth-order valence-electron chi connectivity index (χ4n) is 2.83. The summed E-state index contributed by atoms with van der Waals surface area (Å²) in [6, 6.07) is 5.87. The van der Waals surface area contributed by atoms with Crippen LogP contribution in [0.2, 0.25) is 0 Å². The Bertz CT molecular complexity index is 469. The first kappa shape index (κ1) is 14.5. The molecule has 0 aromatic heterocycles. The molecule has 0 heterocycles. The normalized spacial score (nSPS) is 17.1. The van der Waals surface area contributed by atoms with E-state index >= 15 is 0 Å². The quantitative estimate of drug-likeness (QED) is 0.777. The predicted molar refractivity (Wildman–Crippen MR) is 83.1 cm³/mol. The first-order valence-electron chi connectivity index (χ1n) is 6.62. The minimum Gasteiger partial charge on any atom is -0.372 e. The second kappa shape index (κ2) is 5.63. The maximum absolute atomic E-state index is 11.2. The van der Waals surface area contributed by atoms with Gasteiger partial charge in [0, 0.05) is 34.9 Å². The average molecular weight is 325 g/mol. The van der Waals surface area contributed by atoms with Crippen LogP contribution in [0.25, 0.3) is 0 Å². The summed E-state index contributed by atoms with van der Waals surface area (Å²) in [5, 5.41) is 0. The highest BCUT2D eigenvalue weighted by Crippen LogP contribution is 2.37. The van der Waals surface area contributed by atoms with Crippen molar-refractivity contribution in [3.8, 4) is 0 Å². The smallest absolute Gasteiger partial charge is 0.152 e. The summed E-state index contributed by atoms with van der Waals surface area (Å²) in [6.07, 6.45) is 4.70. The van der Waals surface area contributed by atoms with E-state index in [1.807, 2.05) is 18.2 Å². The van der Waals surface area contributed by atoms with Gasteiger partial charge < -0.3 is 9.80 Å². The predicted octanol–water partition coefficient (Wildman–Crippen LogP) is 3.18. The third-order valence-electron chi connectivity index (χ3n) is 4.29. The minimum atomic E-state index is 0.266. The van der Waals surface area contributed by atoms with E-state index in [2.05, 4.69) is 46.9 Å². The van der Waals surface area contributed by atoms with Gasteiger partial charge in [-0.05, 0) is 51.6 Å². The van der Waals surface area contributed by atoms with Crippen LogP contribution >= 0.6 is 15.9 Å². The fraction of sp³-hybridized carbons (Fsp3) is 0.533. The van der Waals surface area contributed by atoms with Crippen molar-refractivity contribution in [3.05, 3.63) is 28.2 Å². The number of nitrogens with zero attached hydrogens (tertiary/aromatic N) is 2. The van der Waals surface area contributed by atoms with Crippen molar-refractivity contribution in [2.75, 3.05) is 32.6 Å². The molecule has 0 unspecified atom stereocenters. The Morgan fingerprint density at radius 2 is 2.00 bits per heavy atom. The van der Waals surface area contributed by atoms with Gasteiger partial charge in [-0.1, -0.05) is 15.9 Å². The Morgan fingerprint density at radius 1 is 1.32 bits per heavy atom. The van der Waals surface area contributed by atoms with Crippen LogP contribution in [-0.2, 0) is 0 Å². The molecule has 0 saturated heterocycles. The van der Waals surface area contributed by atoms with Gasteiger partial charge in [-0.15, -0.1) is 0 Å². The molecule has 19 heavy (non-hydrogen) atoms. The van der Waals surface area contributed by atoms with Crippen LogP contribution in [0.5, 0.6) is 0 Å². The molecule has 2 rings (SSSR count). The number of halogens is 1. The molecule has 1 fully saturated rings. The number of carbonyl (C=O) groups excluding carboxylic acids is 1.